The molecule has 2 aliphatic rings. The Morgan fingerprint density at radius 3 is 2.39 bits per heavy atom. The van der Waals surface area contributed by atoms with E-state index in [0.29, 0.717) is 6.42 Å². The van der Waals surface area contributed by atoms with Crippen LogP contribution in [0.3, 0.4) is 0 Å². The number of carboxylic acids is 1. The molecule has 5 rings (SSSR count). The maximum Gasteiger partial charge on any atom is 0.303 e. The van der Waals surface area contributed by atoms with Gasteiger partial charge < -0.3 is 15.1 Å². The number of aliphatic carboxylic acids is 1. The second-order valence-electron chi connectivity index (χ2n) is 10.6. The van der Waals surface area contributed by atoms with Gasteiger partial charge >= 0.3 is 5.97 Å². The Balaban J connectivity index is 1.93. The van der Waals surface area contributed by atoms with Crippen molar-refractivity contribution in [3.05, 3.63) is 75.4 Å². The minimum absolute atomic E-state index is 0.0116. The number of allylic oxidation sites excluding steroid dienone is 1. The number of hydrogen-bond acceptors (Lipinski definition) is 3. The molecule has 0 aromatic carbocycles. The van der Waals surface area contributed by atoms with Crippen LogP contribution in [-0.4, -0.2) is 31.0 Å². The molecular formula is C32H36N4O2. The second-order valence-corrected chi connectivity index (χ2v) is 10.6. The minimum Gasteiger partial charge on any atom is -0.481 e. The van der Waals surface area contributed by atoms with Gasteiger partial charge in [-0.05, 0) is 92.6 Å². The highest BCUT2D eigenvalue weighted by Gasteiger charge is 2.31. The van der Waals surface area contributed by atoms with E-state index in [-0.39, 0.29) is 18.3 Å². The lowest BCUT2D eigenvalue weighted by Gasteiger charge is -2.16. The number of nitrogens with zero attached hydrogens (tertiary/aromatic N) is 2. The first-order valence-electron chi connectivity index (χ1n) is 13.4. The Bertz CT molecular complexity index is 1670. The van der Waals surface area contributed by atoms with Crippen molar-refractivity contribution in [3.8, 4) is 0 Å². The van der Waals surface area contributed by atoms with Crippen LogP contribution in [0.5, 0.6) is 0 Å². The van der Waals surface area contributed by atoms with Gasteiger partial charge in [0.2, 0.25) is 0 Å². The van der Waals surface area contributed by atoms with Gasteiger partial charge in [-0.25, -0.2) is 4.98 Å². The molecule has 6 nitrogen and oxygen atoms in total. The summed E-state index contributed by atoms with van der Waals surface area (Å²) in [6.45, 7) is 16.8. The lowest BCUT2D eigenvalue weighted by atomic mass is 9.86. The number of fused-ring (bicyclic) bond motifs is 8. The zero-order chi connectivity index (χ0) is 27.3. The standard InChI is InChI=1S/C32H36N4O2/c1-8-21-18(5)27-15-30-22(9-2)17(4)26(34-30)14-28-19(6)23(10-11-31(37)38)32(36-28)20(7)25-12-16(3)24(33-25)13-29(21)35-27/h9,12-15,19,23,34-35H,2,8,10-11H2,1,3-7H3,(H,37,38). The minimum atomic E-state index is -0.785. The van der Waals surface area contributed by atoms with Gasteiger partial charge in [0.05, 0.1) is 11.4 Å². The molecule has 0 fully saturated rings. The van der Waals surface area contributed by atoms with Crippen LogP contribution in [0.15, 0.2) is 24.8 Å². The molecule has 5 heterocycles. The molecule has 196 valence electrons. The number of aromatic nitrogens is 4. The summed E-state index contributed by atoms with van der Waals surface area (Å²) in [4.78, 5) is 28.9. The first kappa shape index (κ1) is 25.7. The molecule has 3 N–H and O–H groups in total. The number of hydrogen-bond donors (Lipinski definition) is 3. The van der Waals surface area contributed by atoms with Crippen molar-refractivity contribution in [2.45, 2.75) is 72.6 Å². The summed E-state index contributed by atoms with van der Waals surface area (Å²) in [6, 6.07) is 6.44. The van der Waals surface area contributed by atoms with Crippen LogP contribution in [0.2, 0.25) is 0 Å². The van der Waals surface area contributed by atoms with Crippen molar-refractivity contribution in [2.75, 3.05) is 0 Å². The molecule has 0 saturated heterocycles. The first-order valence-corrected chi connectivity index (χ1v) is 13.4. The average Bonchev–Trinajstić information content (AvgIpc) is 3.57. The van der Waals surface area contributed by atoms with E-state index in [1.807, 2.05) is 6.08 Å². The lowest BCUT2D eigenvalue weighted by Crippen LogP contribution is -2.07. The average molecular weight is 509 g/mol. The molecule has 2 atom stereocenters. The highest BCUT2D eigenvalue weighted by atomic mass is 16.4. The SMILES string of the molecule is C=Cc1c(C)c2cc3nc(c(C)c4nc(cc5[nH]c(cc1[nH]2)c(C)c5CC)C(C)=C4)C(CCC(=O)O)C3C. The Hall–Kier alpha value is -3.93. The maximum atomic E-state index is 11.5. The van der Waals surface area contributed by atoms with Gasteiger partial charge in [-0.3, -0.25) is 9.78 Å². The normalized spacial score (nSPS) is 16.9. The van der Waals surface area contributed by atoms with Gasteiger partial charge in [0.1, 0.15) is 0 Å². The lowest BCUT2D eigenvalue weighted by molar-refractivity contribution is -0.137. The highest BCUT2D eigenvalue weighted by Crippen LogP contribution is 2.42. The summed E-state index contributed by atoms with van der Waals surface area (Å²) < 4.78 is 0. The third kappa shape index (κ3) is 4.28. The predicted molar refractivity (Wildman–Crippen MR) is 156 cm³/mol. The molecule has 0 saturated carbocycles. The molecule has 38 heavy (non-hydrogen) atoms. The number of rotatable bonds is 5. The molecule has 2 aliphatic heterocycles. The van der Waals surface area contributed by atoms with Crippen molar-refractivity contribution in [1.82, 2.24) is 19.9 Å². The Morgan fingerprint density at radius 1 is 1.00 bits per heavy atom. The number of carbonyl (C=O) groups is 1. The van der Waals surface area contributed by atoms with Crippen LogP contribution in [0.4, 0.5) is 0 Å². The Kier molecular flexibility index (Phi) is 6.59. The Labute approximate surface area is 223 Å². The zero-order valence-electron chi connectivity index (χ0n) is 23.1. The summed E-state index contributed by atoms with van der Waals surface area (Å²) in [6.07, 6.45) is 5.58. The molecule has 3 aromatic rings. The van der Waals surface area contributed by atoms with Gasteiger partial charge in [-0.2, -0.15) is 0 Å². The van der Waals surface area contributed by atoms with E-state index in [1.54, 1.807) is 0 Å². The summed E-state index contributed by atoms with van der Waals surface area (Å²) in [5.74, 6) is -0.691. The van der Waals surface area contributed by atoms with E-state index < -0.39 is 5.97 Å². The molecule has 0 radical (unpaired) electrons. The fraction of sp³-hybridized carbons (Fsp3) is 0.344. The van der Waals surface area contributed by atoms with Gasteiger partial charge in [0.25, 0.3) is 0 Å². The second kappa shape index (κ2) is 9.75. The smallest absolute Gasteiger partial charge is 0.303 e. The van der Waals surface area contributed by atoms with Crippen molar-refractivity contribution < 1.29 is 9.90 Å². The van der Waals surface area contributed by atoms with Crippen LogP contribution in [0, 0.1) is 20.8 Å². The number of aromatic amines is 2. The molecule has 8 bridgehead atoms. The van der Waals surface area contributed by atoms with Gasteiger partial charge in [0, 0.05) is 57.3 Å². The molecule has 6 heteroatoms. The van der Waals surface area contributed by atoms with Crippen molar-refractivity contribution in [1.29, 1.82) is 0 Å². The van der Waals surface area contributed by atoms with E-state index in [4.69, 9.17) is 9.97 Å². The molecule has 0 spiro atoms. The molecule has 2 unspecified atom stereocenters. The number of aryl methyl sites for hydroxylation is 3. The third-order valence-corrected chi connectivity index (χ3v) is 8.34. The molecule has 3 aromatic heterocycles. The predicted octanol–water partition coefficient (Wildman–Crippen LogP) is 7.76. The maximum absolute atomic E-state index is 11.5. The van der Waals surface area contributed by atoms with Crippen molar-refractivity contribution in [2.24, 2.45) is 0 Å². The van der Waals surface area contributed by atoms with E-state index in [2.05, 4.69) is 82.4 Å². The van der Waals surface area contributed by atoms with Gasteiger partial charge in [-0.1, -0.05) is 26.5 Å². The van der Waals surface area contributed by atoms with Crippen LogP contribution < -0.4 is 0 Å². The van der Waals surface area contributed by atoms with E-state index >= 15 is 0 Å². The van der Waals surface area contributed by atoms with E-state index in [0.717, 1.165) is 73.5 Å². The quantitative estimate of drug-likeness (QED) is 0.328. The largest absolute Gasteiger partial charge is 0.481 e. The van der Waals surface area contributed by atoms with E-state index in [1.165, 1.54) is 11.1 Å². The zero-order valence-corrected chi connectivity index (χ0v) is 23.1. The fourth-order valence-corrected chi connectivity index (χ4v) is 5.96. The third-order valence-electron chi connectivity index (χ3n) is 8.34. The van der Waals surface area contributed by atoms with Crippen LogP contribution in [0.25, 0.3) is 39.8 Å². The molecule has 0 amide bonds. The molecular weight excluding hydrogens is 472 g/mol. The first-order chi connectivity index (χ1) is 18.1. The van der Waals surface area contributed by atoms with Crippen LogP contribution in [-0.2, 0) is 11.2 Å². The summed E-state index contributed by atoms with van der Waals surface area (Å²) >= 11 is 0. The summed E-state index contributed by atoms with van der Waals surface area (Å²) in [5, 5.41) is 9.43. The van der Waals surface area contributed by atoms with Crippen molar-refractivity contribution in [3.63, 3.8) is 0 Å². The highest BCUT2D eigenvalue weighted by molar-refractivity contribution is 5.86. The monoisotopic (exact) mass is 508 g/mol. The van der Waals surface area contributed by atoms with Crippen molar-refractivity contribution >= 4 is 45.8 Å². The van der Waals surface area contributed by atoms with Crippen LogP contribution in [0.1, 0.15) is 96.0 Å². The van der Waals surface area contributed by atoms with Gasteiger partial charge in [0.15, 0.2) is 0 Å². The summed E-state index contributed by atoms with van der Waals surface area (Å²) in [5.41, 5.74) is 14.7. The molecule has 0 aliphatic carbocycles. The van der Waals surface area contributed by atoms with Crippen LogP contribution >= 0.6 is 0 Å². The number of nitrogens with one attached hydrogen (secondary N) is 2. The number of H-pyrrole nitrogens is 2. The van der Waals surface area contributed by atoms with E-state index in [9.17, 15) is 9.90 Å². The fourth-order valence-electron chi connectivity index (χ4n) is 5.96. The van der Waals surface area contributed by atoms with Gasteiger partial charge in [-0.15, -0.1) is 0 Å². The summed E-state index contributed by atoms with van der Waals surface area (Å²) in [7, 11) is 0. The Morgan fingerprint density at radius 2 is 1.71 bits per heavy atom. The topological polar surface area (TPSA) is 94.7 Å². The number of carboxylic acid groups (broad SMARTS) is 1.